The maximum Gasteiger partial charge on any atom is 0.362 e. The van der Waals surface area contributed by atoms with Crippen molar-refractivity contribution < 1.29 is 46.8 Å². The van der Waals surface area contributed by atoms with E-state index < -0.39 is 75.2 Å². The summed E-state index contributed by atoms with van der Waals surface area (Å²) in [5, 5.41) is 31.5. The number of aliphatic hydroxyl groups excluding tert-OH is 2. The Labute approximate surface area is 201 Å². The smallest absolute Gasteiger partial charge is 0.362 e. The van der Waals surface area contributed by atoms with Crippen LogP contribution in [-0.4, -0.2) is 77.0 Å². The number of methoxy groups -OCH3 is 1. The summed E-state index contributed by atoms with van der Waals surface area (Å²) < 4.78 is 41.2. The highest BCUT2D eigenvalue weighted by Crippen LogP contribution is 2.29. The van der Waals surface area contributed by atoms with Crippen molar-refractivity contribution in [2.75, 3.05) is 19.5 Å². The van der Waals surface area contributed by atoms with Gasteiger partial charge in [-0.1, -0.05) is 0 Å². The number of carbonyl (C=O) groups excluding carboxylic acids is 2. The summed E-state index contributed by atoms with van der Waals surface area (Å²) in [6, 6.07) is 3.65. The van der Waals surface area contributed by atoms with Crippen LogP contribution in [0.25, 0.3) is 0 Å². The number of non-ortho nitro benzene ring substituents is 1. The molecule has 36 heavy (non-hydrogen) atoms. The van der Waals surface area contributed by atoms with Gasteiger partial charge in [0, 0.05) is 23.9 Å². The molecule has 2 heterocycles. The zero-order chi connectivity index (χ0) is 26.8. The van der Waals surface area contributed by atoms with E-state index in [9.17, 15) is 43.1 Å². The van der Waals surface area contributed by atoms with Crippen LogP contribution in [0.4, 0.5) is 11.5 Å². The number of esters is 1. The fourth-order valence-corrected chi connectivity index (χ4v) is 3.88. The first-order valence-electron chi connectivity index (χ1n) is 9.78. The molecule has 1 aromatic heterocycles. The van der Waals surface area contributed by atoms with Gasteiger partial charge >= 0.3 is 22.0 Å². The lowest BCUT2D eigenvalue weighted by molar-refractivity contribution is -0.384. The second-order valence-electron chi connectivity index (χ2n) is 7.28. The summed E-state index contributed by atoms with van der Waals surface area (Å²) in [5.41, 5.74) is 2.85. The molecule has 2 aromatic rings. The molecule has 0 aliphatic carbocycles. The van der Waals surface area contributed by atoms with E-state index in [-0.39, 0.29) is 11.4 Å². The number of anilines is 1. The number of carbonyl (C=O) groups is 2. The quantitative estimate of drug-likeness (QED) is 0.161. The fourth-order valence-electron chi connectivity index (χ4n) is 3.16. The minimum absolute atomic E-state index is 0.103. The van der Waals surface area contributed by atoms with Crippen LogP contribution in [0.15, 0.2) is 35.3 Å². The Morgan fingerprint density at radius 2 is 1.94 bits per heavy atom. The summed E-state index contributed by atoms with van der Waals surface area (Å²) in [6.07, 6.45) is -5.16. The minimum Gasteiger partial charge on any atom is -0.465 e. The van der Waals surface area contributed by atoms with Gasteiger partial charge in [-0.2, -0.15) is 13.4 Å². The second kappa shape index (κ2) is 10.3. The topological polar surface area (TPSA) is 253 Å². The van der Waals surface area contributed by atoms with E-state index in [4.69, 9.17) is 10.5 Å². The lowest BCUT2D eigenvalue weighted by Gasteiger charge is -2.16. The molecular weight excluding hydrogens is 510 g/mol. The molecule has 0 bridgehead atoms. The lowest BCUT2D eigenvalue weighted by atomic mass is 10.1. The second-order valence-corrected chi connectivity index (χ2v) is 8.62. The van der Waals surface area contributed by atoms with Crippen molar-refractivity contribution >= 4 is 33.7 Å². The van der Waals surface area contributed by atoms with Crippen LogP contribution in [0.3, 0.4) is 0 Å². The summed E-state index contributed by atoms with van der Waals surface area (Å²) in [6.45, 7) is -0.906. The zero-order valence-electron chi connectivity index (χ0n) is 18.2. The van der Waals surface area contributed by atoms with Gasteiger partial charge in [-0.3, -0.25) is 23.7 Å². The number of amides is 1. The third-order valence-electron chi connectivity index (χ3n) is 4.88. The number of nitrogens with two attached hydrogens (primary N) is 1. The molecule has 0 unspecified atom stereocenters. The first kappa shape index (κ1) is 26.6. The van der Waals surface area contributed by atoms with Crippen LogP contribution in [0.1, 0.15) is 26.9 Å². The summed E-state index contributed by atoms with van der Waals surface area (Å²) >= 11 is 0. The average molecular weight is 529 g/mol. The van der Waals surface area contributed by atoms with Gasteiger partial charge in [0.2, 0.25) is 0 Å². The monoisotopic (exact) mass is 529 g/mol. The molecular formula is C18H19N5O12S. The van der Waals surface area contributed by atoms with Crippen molar-refractivity contribution in [1.82, 2.24) is 14.3 Å². The van der Waals surface area contributed by atoms with Gasteiger partial charge in [0.1, 0.15) is 24.1 Å². The molecule has 18 heteroatoms. The molecule has 0 spiro atoms. The molecule has 1 aromatic carbocycles. The van der Waals surface area contributed by atoms with E-state index in [2.05, 4.69) is 13.9 Å². The minimum atomic E-state index is -4.88. The number of nitro groups is 1. The third-order valence-corrected chi connectivity index (χ3v) is 5.76. The Bertz CT molecular complexity index is 1360. The molecule has 1 saturated heterocycles. The number of hydrogen-bond donors (Lipinski definition) is 4. The number of nitrogen functional groups attached to an aromatic ring is 1. The average Bonchev–Trinajstić information content (AvgIpc) is 3.10. The molecule has 3 rings (SSSR count). The normalized spacial score (nSPS) is 21.6. The number of nitro benzene ring substituents is 1. The third kappa shape index (κ3) is 5.80. The number of aliphatic hydroxyl groups is 2. The van der Waals surface area contributed by atoms with Crippen LogP contribution >= 0.6 is 0 Å². The number of nitrogens with one attached hydrogen (secondary N) is 1. The van der Waals surface area contributed by atoms with Crippen LogP contribution in [0.5, 0.6) is 0 Å². The van der Waals surface area contributed by atoms with Crippen molar-refractivity contribution in [3.63, 3.8) is 0 Å². The molecule has 0 saturated carbocycles. The van der Waals surface area contributed by atoms with Crippen molar-refractivity contribution in [3.05, 3.63) is 62.2 Å². The molecule has 1 fully saturated rings. The predicted molar refractivity (Wildman–Crippen MR) is 116 cm³/mol. The predicted octanol–water partition coefficient (Wildman–Crippen LogP) is -2.17. The van der Waals surface area contributed by atoms with Crippen molar-refractivity contribution in [2.24, 2.45) is 0 Å². The molecule has 0 radical (unpaired) electrons. The van der Waals surface area contributed by atoms with E-state index in [0.29, 0.717) is 0 Å². The maximum absolute atomic E-state index is 12.4. The zero-order valence-corrected chi connectivity index (χ0v) is 19.0. The summed E-state index contributed by atoms with van der Waals surface area (Å²) in [5.74, 6) is -2.50. The molecule has 1 aliphatic heterocycles. The Morgan fingerprint density at radius 3 is 2.56 bits per heavy atom. The Hall–Kier alpha value is -3.97. The van der Waals surface area contributed by atoms with Gasteiger partial charge in [-0.25, -0.2) is 14.3 Å². The van der Waals surface area contributed by atoms with E-state index >= 15 is 0 Å². The first-order valence-corrected chi connectivity index (χ1v) is 11.2. The molecule has 5 N–H and O–H groups in total. The van der Waals surface area contributed by atoms with E-state index in [1.54, 1.807) is 0 Å². The Kier molecular flexibility index (Phi) is 7.65. The number of ether oxygens (including phenoxy) is 2. The van der Waals surface area contributed by atoms with E-state index in [1.807, 2.05) is 0 Å². The van der Waals surface area contributed by atoms with Crippen LogP contribution in [-0.2, 0) is 24.0 Å². The highest BCUT2D eigenvalue weighted by atomic mass is 32.2. The lowest BCUT2D eigenvalue weighted by Crippen LogP contribution is -2.38. The first-order chi connectivity index (χ1) is 16.8. The van der Waals surface area contributed by atoms with Gasteiger partial charge in [0.15, 0.2) is 6.23 Å². The highest BCUT2D eigenvalue weighted by Gasteiger charge is 2.45. The van der Waals surface area contributed by atoms with Crippen LogP contribution < -0.4 is 16.1 Å². The Balaban J connectivity index is 1.71. The van der Waals surface area contributed by atoms with E-state index in [1.165, 1.54) is 10.8 Å². The number of rotatable bonds is 8. The van der Waals surface area contributed by atoms with Crippen molar-refractivity contribution in [3.8, 4) is 0 Å². The van der Waals surface area contributed by atoms with Crippen molar-refractivity contribution in [1.29, 1.82) is 0 Å². The fraction of sp³-hybridized carbons (Fsp3) is 0.333. The van der Waals surface area contributed by atoms with E-state index in [0.717, 1.165) is 36.1 Å². The molecule has 17 nitrogen and oxygen atoms in total. The van der Waals surface area contributed by atoms with Crippen LogP contribution in [0, 0.1) is 10.1 Å². The van der Waals surface area contributed by atoms with Crippen LogP contribution in [0.2, 0.25) is 0 Å². The molecule has 194 valence electrons. The summed E-state index contributed by atoms with van der Waals surface area (Å²) in [7, 11) is -3.88. The molecule has 4 atom stereocenters. The Morgan fingerprint density at radius 1 is 1.28 bits per heavy atom. The highest BCUT2D eigenvalue weighted by molar-refractivity contribution is 7.85. The summed E-state index contributed by atoms with van der Waals surface area (Å²) in [4.78, 5) is 49.7. The number of aromatic nitrogens is 2. The molecule has 1 amide bonds. The van der Waals surface area contributed by atoms with Gasteiger partial charge < -0.3 is 25.4 Å². The van der Waals surface area contributed by atoms with Gasteiger partial charge in [0.25, 0.3) is 11.6 Å². The largest absolute Gasteiger partial charge is 0.465 e. The standard InChI is InChI=1S/C18H19N5O12S/c1-33-17(27)9-4-8(5-10(6-9)23(29)30)15(26)21-36(31,32)34-7-11-13(24)14(25)16(35-11)22-3-2-12(19)20-18(22)28/h2-6,11,13-14,16,24-25H,7H2,1H3,(H,21,26)(H2,19,20,28)/t11-,13-,14-,16-/m1/s1. The van der Waals surface area contributed by atoms with Gasteiger partial charge in [-0.15, -0.1) is 0 Å². The number of nitrogens with zero attached hydrogens (tertiary/aromatic N) is 3. The molecule has 1 aliphatic rings. The number of benzene rings is 1. The number of hydrogen-bond acceptors (Lipinski definition) is 14. The van der Waals surface area contributed by atoms with Gasteiger partial charge in [-0.05, 0) is 12.1 Å². The SMILES string of the molecule is COC(=O)c1cc(C(=O)NS(=O)(=O)OC[C@H]2O[C@@H](n3ccc(N)nc3=O)[C@H](O)[C@@H]2O)cc([N+](=O)[O-])c1. The van der Waals surface area contributed by atoms with Gasteiger partial charge in [0.05, 0.1) is 24.2 Å². The maximum atomic E-state index is 12.4. The van der Waals surface area contributed by atoms with Crippen molar-refractivity contribution in [2.45, 2.75) is 24.5 Å².